The summed E-state index contributed by atoms with van der Waals surface area (Å²) in [6.45, 7) is 1.95. The Balaban J connectivity index is 1.59. The van der Waals surface area contributed by atoms with Gasteiger partial charge in [-0.05, 0) is 48.4 Å². The highest BCUT2D eigenvalue weighted by molar-refractivity contribution is 5.98. The number of Topliss-reactive ketones (excluding diaryl/α,β-unsaturated/α-hetero) is 1. The Morgan fingerprint density at radius 1 is 1.07 bits per heavy atom. The summed E-state index contributed by atoms with van der Waals surface area (Å²) in [5, 5.41) is 7.59. The van der Waals surface area contributed by atoms with Gasteiger partial charge in [0.15, 0.2) is 5.78 Å². The predicted molar refractivity (Wildman–Crippen MR) is 102 cm³/mol. The topological polar surface area (TPSA) is 68.9 Å². The molecule has 0 aliphatic rings. The zero-order chi connectivity index (χ0) is 20.4. The zero-order valence-corrected chi connectivity index (χ0v) is 15.4. The number of nitrogens with zero attached hydrogens (tertiary/aromatic N) is 3. The van der Waals surface area contributed by atoms with Gasteiger partial charge in [-0.25, -0.2) is 8.78 Å². The Labute approximate surface area is 165 Å². The zero-order valence-electron chi connectivity index (χ0n) is 15.4. The maximum Gasteiger partial charge on any atom is 0.247 e. The third kappa shape index (κ3) is 3.80. The lowest BCUT2D eigenvalue weighted by atomic mass is 10.00. The molecule has 0 spiro atoms. The predicted octanol–water partition coefficient (Wildman–Crippen LogP) is 4.81. The number of aryl methyl sites for hydroxylation is 1. The smallest absolute Gasteiger partial charge is 0.247 e. The molecule has 2 aromatic carbocycles. The molecule has 0 atom stereocenters. The van der Waals surface area contributed by atoms with Crippen molar-refractivity contribution in [3.05, 3.63) is 89.4 Å². The minimum absolute atomic E-state index is 0.147. The first-order chi connectivity index (χ1) is 14.0. The average molecular weight is 391 g/mol. The second-order valence-electron chi connectivity index (χ2n) is 6.52. The van der Waals surface area contributed by atoms with Crippen LogP contribution in [0.15, 0.2) is 65.5 Å². The molecule has 2 aromatic heterocycles. The van der Waals surface area contributed by atoms with E-state index in [9.17, 15) is 13.6 Å². The van der Waals surface area contributed by atoms with Gasteiger partial charge in [0.05, 0.1) is 11.3 Å². The van der Waals surface area contributed by atoms with Crippen molar-refractivity contribution in [1.82, 2.24) is 15.2 Å². The summed E-state index contributed by atoms with van der Waals surface area (Å²) in [5.41, 5.74) is 3.36. The van der Waals surface area contributed by atoms with Crippen LogP contribution in [-0.2, 0) is 6.42 Å². The fourth-order valence-electron chi connectivity index (χ4n) is 3.06. The van der Waals surface area contributed by atoms with Crippen molar-refractivity contribution in [3.63, 3.8) is 0 Å². The van der Waals surface area contributed by atoms with Gasteiger partial charge in [0.1, 0.15) is 11.6 Å². The Kier molecular flexibility index (Phi) is 4.95. The molecule has 0 amide bonds. The van der Waals surface area contributed by atoms with E-state index in [2.05, 4.69) is 15.2 Å². The monoisotopic (exact) mass is 391 g/mol. The minimum Gasteiger partial charge on any atom is -0.423 e. The third-order valence-corrected chi connectivity index (χ3v) is 4.55. The minimum atomic E-state index is -0.868. The second kappa shape index (κ2) is 7.71. The summed E-state index contributed by atoms with van der Waals surface area (Å²) in [6, 6.07) is 12.5. The summed E-state index contributed by atoms with van der Waals surface area (Å²) in [5.74, 6) is -1.97. The van der Waals surface area contributed by atoms with Crippen molar-refractivity contribution in [1.29, 1.82) is 0 Å². The molecule has 0 fully saturated rings. The van der Waals surface area contributed by atoms with Gasteiger partial charge in [0.25, 0.3) is 0 Å². The SMILES string of the molecule is Cc1ccc(-c2nnco2)cc1-c1ccc(CC(=O)c2c(F)cccc2F)cn1. The van der Waals surface area contributed by atoms with E-state index in [1.165, 1.54) is 18.7 Å². The summed E-state index contributed by atoms with van der Waals surface area (Å²) in [6.07, 6.45) is 2.65. The number of pyridine rings is 1. The molecular formula is C22H15F2N3O2. The Bertz CT molecular complexity index is 1150. The van der Waals surface area contributed by atoms with Gasteiger partial charge in [-0.15, -0.1) is 10.2 Å². The van der Waals surface area contributed by atoms with Crippen LogP contribution in [0, 0.1) is 18.6 Å². The average Bonchev–Trinajstić information content (AvgIpc) is 3.24. The molecule has 29 heavy (non-hydrogen) atoms. The van der Waals surface area contributed by atoms with E-state index in [1.807, 2.05) is 25.1 Å². The number of halogens is 2. The number of rotatable bonds is 5. The molecule has 144 valence electrons. The fraction of sp³-hybridized carbons (Fsp3) is 0.0909. The number of aromatic nitrogens is 3. The summed E-state index contributed by atoms with van der Waals surface area (Å²) >= 11 is 0. The number of hydrogen-bond acceptors (Lipinski definition) is 5. The van der Waals surface area contributed by atoms with Crippen molar-refractivity contribution < 1.29 is 18.0 Å². The fourth-order valence-corrected chi connectivity index (χ4v) is 3.06. The Morgan fingerprint density at radius 3 is 2.52 bits per heavy atom. The highest BCUT2D eigenvalue weighted by Crippen LogP contribution is 2.27. The van der Waals surface area contributed by atoms with Crippen LogP contribution in [0.2, 0.25) is 0 Å². The summed E-state index contributed by atoms with van der Waals surface area (Å²) in [4.78, 5) is 16.7. The van der Waals surface area contributed by atoms with Gasteiger partial charge in [0, 0.05) is 23.7 Å². The number of carbonyl (C=O) groups excluding carboxylic acids is 1. The van der Waals surface area contributed by atoms with Crippen LogP contribution in [0.25, 0.3) is 22.7 Å². The first-order valence-electron chi connectivity index (χ1n) is 8.82. The van der Waals surface area contributed by atoms with E-state index in [1.54, 1.807) is 12.1 Å². The molecule has 7 heteroatoms. The van der Waals surface area contributed by atoms with Crippen LogP contribution >= 0.6 is 0 Å². The molecular weight excluding hydrogens is 376 g/mol. The molecule has 0 saturated carbocycles. The van der Waals surface area contributed by atoms with Gasteiger partial charge in [-0.1, -0.05) is 18.2 Å². The molecule has 5 nitrogen and oxygen atoms in total. The summed E-state index contributed by atoms with van der Waals surface area (Å²) < 4.78 is 32.8. The number of ketones is 1. The van der Waals surface area contributed by atoms with Crippen molar-refractivity contribution in [2.75, 3.05) is 0 Å². The van der Waals surface area contributed by atoms with Crippen LogP contribution in [0.4, 0.5) is 8.78 Å². The molecule has 0 aliphatic heterocycles. The van der Waals surface area contributed by atoms with Crippen molar-refractivity contribution in [2.24, 2.45) is 0 Å². The highest BCUT2D eigenvalue weighted by atomic mass is 19.1. The Morgan fingerprint density at radius 2 is 1.86 bits per heavy atom. The van der Waals surface area contributed by atoms with Crippen molar-refractivity contribution >= 4 is 5.78 Å². The lowest BCUT2D eigenvalue weighted by molar-refractivity contribution is 0.0985. The van der Waals surface area contributed by atoms with E-state index < -0.39 is 23.0 Å². The third-order valence-electron chi connectivity index (χ3n) is 4.55. The molecule has 2 heterocycles. The maximum absolute atomic E-state index is 13.8. The molecule has 0 saturated heterocycles. The van der Waals surface area contributed by atoms with E-state index in [0.717, 1.165) is 28.8 Å². The van der Waals surface area contributed by atoms with Gasteiger partial charge in [0.2, 0.25) is 12.3 Å². The van der Waals surface area contributed by atoms with Gasteiger partial charge < -0.3 is 4.42 Å². The number of hydrogen-bond donors (Lipinski definition) is 0. The lowest BCUT2D eigenvalue weighted by Gasteiger charge is -2.08. The number of carbonyl (C=O) groups is 1. The van der Waals surface area contributed by atoms with E-state index in [4.69, 9.17) is 4.42 Å². The molecule has 4 aromatic rings. The van der Waals surface area contributed by atoms with Crippen molar-refractivity contribution in [3.8, 4) is 22.7 Å². The maximum atomic E-state index is 13.8. The first kappa shape index (κ1) is 18.6. The van der Waals surface area contributed by atoms with Crippen LogP contribution in [0.3, 0.4) is 0 Å². The standard InChI is InChI=1S/C22H15F2N3O2/c1-13-5-7-15(22-27-26-12-29-22)10-16(13)19-8-6-14(11-25-19)9-20(28)21-17(23)3-2-4-18(21)24/h2-8,10-12H,9H2,1H3. The van der Waals surface area contributed by atoms with Crippen LogP contribution < -0.4 is 0 Å². The van der Waals surface area contributed by atoms with Crippen LogP contribution in [-0.4, -0.2) is 21.0 Å². The van der Waals surface area contributed by atoms with E-state index >= 15 is 0 Å². The molecule has 0 radical (unpaired) electrons. The first-order valence-corrected chi connectivity index (χ1v) is 8.82. The Hall–Kier alpha value is -3.74. The quantitative estimate of drug-likeness (QED) is 0.457. The van der Waals surface area contributed by atoms with Gasteiger partial charge in [-0.3, -0.25) is 9.78 Å². The van der Waals surface area contributed by atoms with E-state index in [0.29, 0.717) is 17.1 Å². The van der Waals surface area contributed by atoms with Crippen LogP contribution in [0.1, 0.15) is 21.5 Å². The molecule has 4 rings (SSSR count). The summed E-state index contributed by atoms with van der Waals surface area (Å²) in [7, 11) is 0. The lowest BCUT2D eigenvalue weighted by Crippen LogP contribution is -2.09. The van der Waals surface area contributed by atoms with Crippen molar-refractivity contribution in [2.45, 2.75) is 13.3 Å². The normalized spacial score (nSPS) is 10.9. The van der Waals surface area contributed by atoms with Gasteiger partial charge in [-0.2, -0.15) is 0 Å². The largest absolute Gasteiger partial charge is 0.423 e. The second-order valence-corrected chi connectivity index (χ2v) is 6.52. The number of benzene rings is 2. The molecule has 0 unspecified atom stereocenters. The van der Waals surface area contributed by atoms with E-state index in [-0.39, 0.29) is 6.42 Å². The van der Waals surface area contributed by atoms with Crippen LogP contribution in [0.5, 0.6) is 0 Å². The molecule has 0 N–H and O–H groups in total. The molecule has 0 aliphatic carbocycles. The van der Waals surface area contributed by atoms with Gasteiger partial charge >= 0.3 is 0 Å². The highest BCUT2D eigenvalue weighted by Gasteiger charge is 2.17. The molecule has 0 bridgehead atoms.